The molecule has 5 N–H and O–H groups in total. The van der Waals surface area contributed by atoms with Crippen molar-refractivity contribution < 1.29 is 63.6 Å². The summed E-state index contributed by atoms with van der Waals surface area (Å²) in [6.45, 7) is 20.0. The van der Waals surface area contributed by atoms with Crippen molar-refractivity contribution in [3.05, 3.63) is 0 Å². The smallest absolute Gasteiger partial charge is 0.311 e. The number of carbonyl (C=O) groups excluding carboxylic acids is 1. The largest absolute Gasteiger partial charge is 0.459 e. The normalized spacial score (nSPS) is 42.7. The lowest BCUT2D eigenvalue weighted by atomic mass is 9.73. The molecule has 3 saturated heterocycles. The molecule has 3 aliphatic rings. The predicted molar refractivity (Wildman–Crippen MR) is 246 cm³/mol. The minimum atomic E-state index is -1.92. The molecule has 0 aromatic rings. The highest BCUT2D eigenvalue weighted by Gasteiger charge is 2.53. The number of aliphatic hydroxyl groups excluding tert-OH is 3. The average Bonchev–Trinajstić information content (AvgIpc) is 3.23. The summed E-state index contributed by atoms with van der Waals surface area (Å²) in [7, 11) is 5.27. The lowest BCUT2D eigenvalue weighted by molar-refractivity contribution is -0.317. The first kappa shape index (κ1) is 56.8. The van der Waals surface area contributed by atoms with Gasteiger partial charge in [-0.1, -0.05) is 91.1 Å². The van der Waals surface area contributed by atoms with Crippen LogP contribution in [-0.2, 0) is 38.1 Å². The van der Waals surface area contributed by atoms with E-state index in [0.717, 1.165) is 19.3 Å². The fourth-order valence-corrected chi connectivity index (χ4v) is 10.4. The van der Waals surface area contributed by atoms with Gasteiger partial charge >= 0.3 is 5.97 Å². The molecule has 15 heteroatoms. The lowest BCUT2D eigenvalue weighted by Crippen LogP contribution is -2.61. The zero-order valence-corrected chi connectivity index (χ0v) is 42.2. The molecule has 15 nitrogen and oxygen atoms in total. The Bertz CT molecular complexity index is 1400. The Kier molecular flexibility index (Phi) is 22.9. The van der Waals surface area contributed by atoms with Gasteiger partial charge in [0.15, 0.2) is 12.6 Å². The van der Waals surface area contributed by atoms with Crippen LogP contribution in [0.2, 0.25) is 0 Å². The monoisotopic (exact) mass is 917 g/mol. The van der Waals surface area contributed by atoms with Crippen molar-refractivity contribution >= 4 is 11.7 Å². The summed E-state index contributed by atoms with van der Waals surface area (Å²) in [5.74, 6) is -3.90. The van der Waals surface area contributed by atoms with Crippen LogP contribution in [0.3, 0.4) is 0 Å². The van der Waals surface area contributed by atoms with Gasteiger partial charge in [0, 0.05) is 37.3 Å². The Morgan fingerprint density at radius 1 is 0.797 bits per heavy atom. The first-order valence-corrected chi connectivity index (χ1v) is 24.7. The second kappa shape index (κ2) is 25.7. The van der Waals surface area contributed by atoms with Crippen LogP contribution in [0.1, 0.15) is 166 Å². The number of likely N-dealkylation sites (N-methyl/N-ethyl adjacent to an activating group) is 1. The maximum Gasteiger partial charge on any atom is 0.311 e. The molecule has 3 heterocycles. The number of ether oxygens (including phenoxy) is 6. The molecular formula is C49H92N2O13. The number of esters is 1. The number of nitrogens with zero attached hydrogens (tertiary/aromatic N) is 2. The summed E-state index contributed by atoms with van der Waals surface area (Å²) < 4.78 is 38.0. The highest BCUT2D eigenvalue weighted by molar-refractivity contribution is 5.88. The molecule has 0 aliphatic carbocycles. The molecule has 0 unspecified atom stereocenters. The van der Waals surface area contributed by atoms with Gasteiger partial charge in [0.1, 0.15) is 30.5 Å². The van der Waals surface area contributed by atoms with E-state index in [2.05, 4.69) is 12.1 Å². The Hall–Kier alpha value is -1.50. The zero-order chi connectivity index (χ0) is 48.2. The molecule has 64 heavy (non-hydrogen) atoms. The standard InChI is InChI=1S/C49H92N2O13/c1-15-17-18-19-20-21-22-23-24-25-26-59-50-39-30(3)28-47(9,56)44(64-46-40(52)36(51(12)13)27-31(4)60-46)33(6)41(63-38-29-48(10,58-14)43(54)35(8)61-38)34(7)45(55)62-37(16-2)49(11,57)42(53)32(39)5/h30-38,40-44,46,52-54,56-57H,15-29H2,1-14H3/b50-39+/t30-,31-,32+,33+,34-,35+,36+,37-,38+,40-,41+,42-,43+,44-,46+,47-,48-,49-/m1/s1. The van der Waals surface area contributed by atoms with E-state index in [1.165, 1.54) is 59.0 Å². The summed E-state index contributed by atoms with van der Waals surface area (Å²) >= 11 is 0. The zero-order valence-electron chi connectivity index (χ0n) is 42.2. The molecule has 0 radical (unpaired) electrons. The van der Waals surface area contributed by atoms with Gasteiger partial charge in [0.05, 0.1) is 53.4 Å². The van der Waals surface area contributed by atoms with E-state index in [1.54, 1.807) is 41.5 Å². The minimum absolute atomic E-state index is 0.0325. The fourth-order valence-electron chi connectivity index (χ4n) is 10.4. The van der Waals surface area contributed by atoms with Crippen molar-refractivity contribution in [3.63, 3.8) is 0 Å². The fraction of sp³-hybridized carbons (Fsp3) is 0.959. The third-order valence-electron chi connectivity index (χ3n) is 14.6. The Balaban J connectivity index is 2.08. The first-order chi connectivity index (χ1) is 30.0. The third-order valence-corrected chi connectivity index (χ3v) is 14.6. The van der Waals surface area contributed by atoms with Crippen molar-refractivity contribution in [2.45, 2.75) is 250 Å². The first-order valence-electron chi connectivity index (χ1n) is 24.7. The van der Waals surface area contributed by atoms with E-state index < -0.39 is 102 Å². The number of carbonyl (C=O) groups is 1. The number of aliphatic hydroxyl groups is 5. The van der Waals surface area contributed by atoms with Crippen LogP contribution < -0.4 is 0 Å². The van der Waals surface area contributed by atoms with E-state index in [4.69, 9.17) is 33.3 Å². The number of cyclic esters (lactones) is 1. The number of unbranched alkanes of at least 4 members (excludes halogenated alkanes) is 9. The molecule has 0 amide bonds. The second-order valence-corrected chi connectivity index (χ2v) is 20.6. The summed E-state index contributed by atoms with van der Waals surface area (Å²) in [5, 5.41) is 64.4. The third kappa shape index (κ3) is 15.0. The lowest BCUT2D eigenvalue weighted by Gasteiger charge is -2.49. The molecule has 0 saturated carbocycles. The van der Waals surface area contributed by atoms with Crippen LogP contribution in [0.5, 0.6) is 0 Å². The van der Waals surface area contributed by atoms with E-state index in [1.807, 2.05) is 39.8 Å². The van der Waals surface area contributed by atoms with Gasteiger partial charge in [0.2, 0.25) is 0 Å². The van der Waals surface area contributed by atoms with Crippen molar-refractivity contribution in [3.8, 4) is 0 Å². The van der Waals surface area contributed by atoms with E-state index in [0.29, 0.717) is 18.7 Å². The molecule has 3 aliphatic heterocycles. The summed E-state index contributed by atoms with van der Waals surface area (Å²) in [6, 6.07) is -0.310. The van der Waals surface area contributed by atoms with Crippen LogP contribution in [0.25, 0.3) is 0 Å². The van der Waals surface area contributed by atoms with Crippen LogP contribution in [0, 0.1) is 23.7 Å². The van der Waals surface area contributed by atoms with E-state index >= 15 is 0 Å². The van der Waals surface area contributed by atoms with Crippen LogP contribution >= 0.6 is 0 Å². The predicted octanol–water partition coefficient (Wildman–Crippen LogP) is 6.51. The molecule has 3 fully saturated rings. The molecule has 18 atom stereocenters. The maximum atomic E-state index is 14.4. The van der Waals surface area contributed by atoms with Crippen molar-refractivity contribution in [1.82, 2.24) is 4.90 Å². The van der Waals surface area contributed by atoms with E-state index in [9.17, 15) is 30.3 Å². The SMILES string of the molecule is CCCCCCCCCCCCO/N=C1\[C@H](C)C[C@@](C)(O)[C@H](O[C@@H]2O[C@H](C)C[C@H](N(C)C)[C@H]2O)[C@@H](C)[C@H](O[C@H]2C[C@@](C)(OC)[C@@H](O)[C@H](C)O2)[C@@H](C)C(=O)O[C@H](CC)[C@@](C)(O)[C@H](O)[C@H]1C. The van der Waals surface area contributed by atoms with Gasteiger partial charge in [-0.3, -0.25) is 4.79 Å². The number of oxime groups is 1. The van der Waals surface area contributed by atoms with Gasteiger partial charge in [-0.2, -0.15) is 0 Å². The average molecular weight is 917 g/mol. The van der Waals surface area contributed by atoms with Crippen molar-refractivity contribution in [2.75, 3.05) is 27.8 Å². The van der Waals surface area contributed by atoms with Gasteiger partial charge in [0.25, 0.3) is 0 Å². The van der Waals surface area contributed by atoms with Crippen molar-refractivity contribution in [2.24, 2.45) is 28.8 Å². The topological polar surface area (TPSA) is 198 Å². The summed E-state index contributed by atoms with van der Waals surface area (Å²) in [5.41, 5.74) is -4.27. The Morgan fingerprint density at radius 3 is 1.95 bits per heavy atom. The van der Waals surface area contributed by atoms with Gasteiger partial charge in [-0.15, -0.1) is 0 Å². The molecule has 376 valence electrons. The van der Waals surface area contributed by atoms with Gasteiger partial charge in [-0.25, -0.2) is 0 Å². The number of rotatable bonds is 19. The van der Waals surface area contributed by atoms with E-state index in [-0.39, 0.29) is 31.4 Å². The number of hydrogen-bond donors (Lipinski definition) is 5. The molecule has 0 aromatic heterocycles. The quantitative estimate of drug-likeness (QED) is 0.0534. The molecular weight excluding hydrogens is 825 g/mol. The highest BCUT2D eigenvalue weighted by Crippen LogP contribution is 2.41. The minimum Gasteiger partial charge on any atom is -0.459 e. The van der Waals surface area contributed by atoms with Crippen LogP contribution in [0.4, 0.5) is 0 Å². The second-order valence-electron chi connectivity index (χ2n) is 20.6. The summed E-state index contributed by atoms with van der Waals surface area (Å²) in [6.07, 6.45) is 2.62. The maximum absolute atomic E-state index is 14.4. The summed E-state index contributed by atoms with van der Waals surface area (Å²) in [4.78, 5) is 22.3. The van der Waals surface area contributed by atoms with Crippen LogP contribution in [-0.4, -0.2) is 154 Å². The molecule has 3 rings (SSSR count). The molecule has 0 spiro atoms. The van der Waals surface area contributed by atoms with Gasteiger partial charge < -0.3 is 63.7 Å². The van der Waals surface area contributed by atoms with Crippen molar-refractivity contribution in [1.29, 1.82) is 0 Å². The Labute approximate surface area is 386 Å². The Morgan fingerprint density at radius 2 is 1.39 bits per heavy atom. The highest BCUT2D eigenvalue weighted by atomic mass is 16.7. The number of hydrogen-bond acceptors (Lipinski definition) is 15. The molecule has 0 aromatic carbocycles. The number of methoxy groups -OCH3 is 1. The molecule has 0 bridgehead atoms. The van der Waals surface area contributed by atoms with Crippen LogP contribution in [0.15, 0.2) is 5.16 Å². The van der Waals surface area contributed by atoms with Gasteiger partial charge in [-0.05, 0) is 87.7 Å².